The zero-order chi connectivity index (χ0) is 18.8. The molecule has 0 saturated heterocycles. The summed E-state index contributed by atoms with van der Waals surface area (Å²) < 4.78 is 5.49. The third kappa shape index (κ3) is 3.81. The Morgan fingerprint density at radius 3 is 2.11 bits per heavy atom. The first-order valence-electron chi connectivity index (χ1n) is 9.27. The predicted molar refractivity (Wildman–Crippen MR) is 103 cm³/mol. The molecule has 4 rings (SSSR count). The van der Waals surface area contributed by atoms with Crippen molar-refractivity contribution >= 4 is 0 Å². The van der Waals surface area contributed by atoms with Crippen LogP contribution in [0.3, 0.4) is 0 Å². The smallest absolute Gasteiger partial charge is 0.343 e. The molecular weight excluding hydrogens is 340 g/mol. The standard InChI is InChI=1S/C23H22O4/c24-19(15-7-3-1-4-8-15)13-18-14-20(25)22(23(26)27-18)21(17-11-12-17)16-9-5-2-6-10-16/h1-10,14,17,19,21,24-25H,11-13H2. The van der Waals surface area contributed by atoms with Crippen LogP contribution >= 0.6 is 0 Å². The van der Waals surface area contributed by atoms with Crippen LogP contribution in [0.2, 0.25) is 0 Å². The van der Waals surface area contributed by atoms with Crippen molar-refractivity contribution in [2.24, 2.45) is 5.92 Å². The second-order valence-corrected chi connectivity index (χ2v) is 7.16. The van der Waals surface area contributed by atoms with Crippen LogP contribution in [-0.4, -0.2) is 10.2 Å². The first-order chi connectivity index (χ1) is 13.1. The summed E-state index contributed by atoms with van der Waals surface area (Å²) in [4.78, 5) is 12.7. The van der Waals surface area contributed by atoms with Gasteiger partial charge in [0.2, 0.25) is 0 Å². The second kappa shape index (κ2) is 7.41. The Morgan fingerprint density at radius 2 is 1.56 bits per heavy atom. The molecule has 1 saturated carbocycles. The maximum atomic E-state index is 12.7. The summed E-state index contributed by atoms with van der Waals surface area (Å²) >= 11 is 0. The van der Waals surface area contributed by atoms with Crippen molar-refractivity contribution in [2.45, 2.75) is 31.3 Å². The van der Waals surface area contributed by atoms with Crippen molar-refractivity contribution in [1.82, 2.24) is 0 Å². The van der Waals surface area contributed by atoms with Gasteiger partial charge < -0.3 is 14.6 Å². The maximum absolute atomic E-state index is 12.7. The average Bonchev–Trinajstić information content (AvgIpc) is 3.51. The molecule has 2 N–H and O–H groups in total. The van der Waals surface area contributed by atoms with Crippen LogP contribution in [0.5, 0.6) is 5.75 Å². The van der Waals surface area contributed by atoms with Crippen LogP contribution in [0.25, 0.3) is 0 Å². The third-order valence-electron chi connectivity index (χ3n) is 5.16. The lowest BCUT2D eigenvalue weighted by Crippen LogP contribution is -2.17. The monoisotopic (exact) mass is 362 g/mol. The lowest BCUT2D eigenvalue weighted by atomic mass is 9.87. The summed E-state index contributed by atoms with van der Waals surface area (Å²) in [6.45, 7) is 0. The molecule has 1 aromatic heterocycles. The van der Waals surface area contributed by atoms with Crippen LogP contribution < -0.4 is 5.63 Å². The van der Waals surface area contributed by atoms with Gasteiger partial charge in [-0.15, -0.1) is 0 Å². The van der Waals surface area contributed by atoms with Crippen molar-refractivity contribution in [3.05, 3.63) is 99.6 Å². The molecule has 4 heteroatoms. The number of hydrogen-bond donors (Lipinski definition) is 2. The Kier molecular flexibility index (Phi) is 4.82. The fraction of sp³-hybridized carbons (Fsp3) is 0.261. The fourth-order valence-electron chi connectivity index (χ4n) is 3.67. The molecule has 1 heterocycles. The van der Waals surface area contributed by atoms with E-state index in [-0.39, 0.29) is 23.8 Å². The fourth-order valence-corrected chi connectivity index (χ4v) is 3.67. The zero-order valence-corrected chi connectivity index (χ0v) is 14.9. The molecule has 3 aromatic rings. The molecule has 1 aliphatic carbocycles. The highest BCUT2D eigenvalue weighted by Crippen LogP contribution is 2.47. The van der Waals surface area contributed by atoms with Crippen molar-refractivity contribution in [3.8, 4) is 5.75 Å². The van der Waals surface area contributed by atoms with Gasteiger partial charge in [0.25, 0.3) is 0 Å². The third-order valence-corrected chi connectivity index (χ3v) is 5.16. The molecule has 1 aliphatic rings. The van der Waals surface area contributed by atoms with Gasteiger partial charge in [0.15, 0.2) is 0 Å². The molecule has 27 heavy (non-hydrogen) atoms. The summed E-state index contributed by atoms with van der Waals surface area (Å²) in [6.07, 6.45) is 1.40. The highest BCUT2D eigenvalue weighted by Gasteiger charge is 2.37. The molecule has 138 valence electrons. The summed E-state index contributed by atoms with van der Waals surface area (Å²) in [5.74, 6) is 0.417. The van der Waals surface area contributed by atoms with Crippen molar-refractivity contribution in [1.29, 1.82) is 0 Å². The molecule has 4 nitrogen and oxygen atoms in total. The Bertz CT molecular complexity index is 959. The average molecular weight is 362 g/mol. The van der Waals surface area contributed by atoms with Crippen LogP contribution in [0.15, 0.2) is 75.9 Å². The lowest BCUT2D eigenvalue weighted by Gasteiger charge is -2.18. The Hall–Kier alpha value is -2.85. The largest absolute Gasteiger partial charge is 0.507 e. The summed E-state index contributed by atoms with van der Waals surface area (Å²) in [5, 5.41) is 21.0. The van der Waals surface area contributed by atoms with Gasteiger partial charge in [0.1, 0.15) is 11.5 Å². The summed E-state index contributed by atoms with van der Waals surface area (Å²) in [7, 11) is 0. The number of aliphatic hydroxyl groups is 1. The molecule has 2 aromatic carbocycles. The Balaban J connectivity index is 1.65. The van der Waals surface area contributed by atoms with Crippen molar-refractivity contribution < 1.29 is 14.6 Å². The van der Waals surface area contributed by atoms with Crippen LogP contribution in [0.1, 0.15) is 47.3 Å². The number of aromatic hydroxyl groups is 1. The molecular formula is C23H22O4. The molecule has 2 atom stereocenters. The van der Waals surface area contributed by atoms with E-state index in [9.17, 15) is 15.0 Å². The Labute approximate surface area is 157 Å². The molecule has 2 unspecified atom stereocenters. The first kappa shape index (κ1) is 17.6. The van der Waals surface area contributed by atoms with Gasteiger partial charge in [0, 0.05) is 18.4 Å². The highest BCUT2D eigenvalue weighted by molar-refractivity contribution is 5.41. The quantitative estimate of drug-likeness (QED) is 0.691. The number of aliphatic hydroxyl groups excluding tert-OH is 1. The lowest BCUT2D eigenvalue weighted by molar-refractivity contribution is 0.168. The van der Waals surface area contributed by atoms with Gasteiger partial charge >= 0.3 is 5.63 Å². The maximum Gasteiger partial charge on any atom is 0.343 e. The summed E-state index contributed by atoms with van der Waals surface area (Å²) in [6, 6.07) is 20.4. The molecule has 1 fully saturated rings. The minimum Gasteiger partial charge on any atom is -0.507 e. The van der Waals surface area contributed by atoms with E-state index in [1.807, 2.05) is 60.7 Å². The van der Waals surface area contributed by atoms with E-state index in [0.29, 0.717) is 11.5 Å². The van der Waals surface area contributed by atoms with Crippen LogP contribution in [0, 0.1) is 5.92 Å². The van der Waals surface area contributed by atoms with Gasteiger partial charge in [-0.3, -0.25) is 0 Å². The second-order valence-electron chi connectivity index (χ2n) is 7.16. The first-order valence-corrected chi connectivity index (χ1v) is 9.27. The molecule has 0 aliphatic heterocycles. The van der Waals surface area contributed by atoms with E-state index < -0.39 is 11.7 Å². The molecule has 0 bridgehead atoms. The molecule has 0 amide bonds. The van der Waals surface area contributed by atoms with Gasteiger partial charge in [-0.25, -0.2) is 4.79 Å². The van der Waals surface area contributed by atoms with Gasteiger partial charge in [-0.2, -0.15) is 0 Å². The Morgan fingerprint density at radius 1 is 0.963 bits per heavy atom. The number of hydrogen-bond acceptors (Lipinski definition) is 4. The normalized spacial score (nSPS) is 16.0. The number of benzene rings is 2. The topological polar surface area (TPSA) is 70.7 Å². The van der Waals surface area contributed by atoms with Crippen molar-refractivity contribution in [3.63, 3.8) is 0 Å². The SMILES string of the molecule is O=c1oc(CC(O)c2ccccc2)cc(O)c1C(c1ccccc1)C1CC1. The van der Waals surface area contributed by atoms with E-state index in [4.69, 9.17) is 4.42 Å². The van der Waals surface area contributed by atoms with E-state index in [0.717, 1.165) is 24.0 Å². The van der Waals surface area contributed by atoms with E-state index in [2.05, 4.69) is 0 Å². The predicted octanol–water partition coefficient (Wildman–Crippen LogP) is 4.16. The number of rotatable bonds is 6. The molecule has 0 radical (unpaired) electrons. The minimum absolute atomic E-state index is 0.0535. The zero-order valence-electron chi connectivity index (χ0n) is 14.9. The molecule has 0 spiro atoms. The van der Waals surface area contributed by atoms with Crippen molar-refractivity contribution in [2.75, 3.05) is 0 Å². The van der Waals surface area contributed by atoms with Gasteiger partial charge in [-0.05, 0) is 29.9 Å². The van der Waals surface area contributed by atoms with Crippen LogP contribution in [0.4, 0.5) is 0 Å². The summed E-state index contributed by atoms with van der Waals surface area (Å²) in [5.41, 5.74) is 1.55. The van der Waals surface area contributed by atoms with E-state index >= 15 is 0 Å². The highest BCUT2D eigenvalue weighted by atomic mass is 16.4. The minimum atomic E-state index is -0.798. The van der Waals surface area contributed by atoms with E-state index in [1.54, 1.807) is 0 Å². The van der Waals surface area contributed by atoms with E-state index in [1.165, 1.54) is 6.07 Å². The van der Waals surface area contributed by atoms with Gasteiger partial charge in [-0.1, -0.05) is 60.7 Å². The van der Waals surface area contributed by atoms with Gasteiger partial charge in [0.05, 0.1) is 11.7 Å². The van der Waals surface area contributed by atoms with Crippen LogP contribution in [-0.2, 0) is 6.42 Å².